The molecular weight excluding hydrogens is 340 g/mol. The largest absolute Gasteiger partial charge is 0.480 e. The highest BCUT2D eigenvalue weighted by atomic mass is 16.4. The zero-order valence-corrected chi connectivity index (χ0v) is 15.4. The third-order valence-corrected chi connectivity index (χ3v) is 6.44. The number of carbonyl (C=O) groups is 1. The van der Waals surface area contributed by atoms with Crippen molar-refractivity contribution in [2.24, 2.45) is 28.2 Å². The Labute approximate surface area is 159 Å². The van der Waals surface area contributed by atoms with E-state index in [0.29, 0.717) is 22.6 Å². The van der Waals surface area contributed by atoms with Gasteiger partial charge in [0.25, 0.3) is 0 Å². The third-order valence-electron chi connectivity index (χ3n) is 6.44. The number of guanidine groups is 1. The Morgan fingerprint density at radius 2 is 1.70 bits per heavy atom. The molecule has 4 aliphatic rings. The molecule has 1 aromatic carbocycles. The van der Waals surface area contributed by atoms with Crippen LogP contribution in [0.4, 0.5) is 5.69 Å². The lowest BCUT2D eigenvalue weighted by Crippen LogP contribution is -2.52. The summed E-state index contributed by atoms with van der Waals surface area (Å²) in [5.41, 5.74) is 1.61. The van der Waals surface area contributed by atoms with Gasteiger partial charge in [0.15, 0.2) is 5.96 Å². The van der Waals surface area contributed by atoms with Gasteiger partial charge >= 0.3 is 5.97 Å². The number of benzene rings is 1. The zero-order valence-electron chi connectivity index (χ0n) is 15.4. The molecule has 4 saturated carbocycles. The number of carboxylic acids is 1. The summed E-state index contributed by atoms with van der Waals surface area (Å²) in [7, 11) is 0. The maximum atomic E-state index is 11.0. The van der Waals surface area contributed by atoms with E-state index in [1.807, 2.05) is 0 Å². The Bertz CT molecular complexity index is 743. The van der Waals surface area contributed by atoms with Crippen LogP contribution in [0.3, 0.4) is 0 Å². The second-order valence-corrected chi connectivity index (χ2v) is 8.64. The molecule has 3 N–H and O–H groups in total. The van der Waals surface area contributed by atoms with Crippen LogP contribution in [0, 0.1) is 34.5 Å². The Morgan fingerprint density at radius 1 is 1.11 bits per heavy atom. The molecule has 6 heteroatoms. The lowest BCUT2D eigenvalue weighted by molar-refractivity contribution is -0.135. The molecule has 27 heavy (non-hydrogen) atoms. The van der Waals surface area contributed by atoms with Gasteiger partial charge < -0.3 is 15.7 Å². The van der Waals surface area contributed by atoms with Crippen LogP contribution in [0.2, 0.25) is 0 Å². The van der Waals surface area contributed by atoms with Gasteiger partial charge in [-0.1, -0.05) is 0 Å². The highest BCUT2D eigenvalue weighted by Gasteiger charge is 2.50. The van der Waals surface area contributed by atoms with E-state index in [0.717, 1.165) is 24.3 Å². The van der Waals surface area contributed by atoms with Crippen molar-refractivity contribution in [3.05, 3.63) is 29.8 Å². The summed E-state index contributed by atoms with van der Waals surface area (Å²) < 4.78 is 0. The van der Waals surface area contributed by atoms with Crippen LogP contribution in [-0.4, -0.2) is 30.1 Å². The number of nitrogens with zero attached hydrogens (tertiary/aromatic N) is 2. The number of nitrogens with one attached hydrogen (secondary N) is 2. The molecule has 1 aromatic rings. The highest BCUT2D eigenvalue weighted by Crippen LogP contribution is 2.59. The van der Waals surface area contributed by atoms with Crippen LogP contribution in [0.15, 0.2) is 29.3 Å². The lowest BCUT2D eigenvalue weighted by Gasteiger charge is -2.57. The third kappa shape index (κ3) is 4.08. The summed E-state index contributed by atoms with van der Waals surface area (Å²) in [6, 6.07) is 9.06. The van der Waals surface area contributed by atoms with Gasteiger partial charge in [-0.2, -0.15) is 5.26 Å². The molecule has 4 fully saturated rings. The van der Waals surface area contributed by atoms with Gasteiger partial charge in [-0.25, -0.2) is 4.99 Å². The molecule has 0 aliphatic heterocycles. The second kappa shape index (κ2) is 7.22. The van der Waals surface area contributed by atoms with Gasteiger partial charge in [-0.15, -0.1) is 0 Å². The number of hydrogen-bond donors (Lipinski definition) is 3. The number of carboxylic acid groups (broad SMARTS) is 1. The van der Waals surface area contributed by atoms with Crippen LogP contribution in [0.25, 0.3) is 0 Å². The van der Waals surface area contributed by atoms with Crippen molar-refractivity contribution >= 4 is 17.6 Å². The minimum atomic E-state index is -0.917. The van der Waals surface area contributed by atoms with Gasteiger partial charge in [-0.05, 0) is 86.0 Å². The summed E-state index contributed by atoms with van der Waals surface area (Å²) in [4.78, 5) is 15.5. The Morgan fingerprint density at radius 3 is 2.22 bits per heavy atom. The summed E-state index contributed by atoms with van der Waals surface area (Å²) in [6.07, 6.45) is 8.08. The number of hydrogen-bond acceptors (Lipinski definition) is 3. The molecule has 0 atom stereocenters. The number of nitriles is 1. The predicted molar refractivity (Wildman–Crippen MR) is 102 cm³/mol. The fraction of sp³-hybridized carbons (Fsp3) is 0.571. The smallest absolute Gasteiger partial charge is 0.322 e. The minimum Gasteiger partial charge on any atom is -0.480 e. The molecule has 0 radical (unpaired) electrons. The van der Waals surface area contributed by atoms with E-state index in [-0.39, 0.29) is 6.54 Å². The highest BCUT2D eigenvalue weighted by molar-refractivity contribution is 5.85. The van der Waals surface area contributed by atoms with Gasteiger partial charge in [-0.3, -0.25) is 4.79 Å². The maximum absolute atomic E-state index is 11.0. The van der Waals surface area contributed by atoms with E-state index in [1.54, 1.807) is 24.3 Å². The van der Waals surface area contributed by atoms with E-state index in [1.165, 1.54) is 38.5 Å². The summed E-state index contributed by atoms with van der Waals surface area (Å²) in [5.74, 6) is 2.22. The Hall–Kier alpha value is -2.55. The molecule has 0 unspecified atom stereocenters. The van der Waals surface area contributed by atoms with Crippen molar-refractivity contribution in [1.29, 1.82) is 5.26 Å². The van der Waals surface area contributed by atoms with Crippen molar-refractivity contribution in [1.82, 2.24) is 10.6 Å². The molecule has 0 amide bonds. The summed E-state index contributed by atoms with van der Waals surface area (Å²) in [6.45, 7) is 0.668. The van der Waals surface area contributed by atoms with E-state index in [9.17, 15) is 4.79 Å². The van der Waals surface area contributed by atoms with Crippen molar-refractivity contribution in [3.63, 3.8) is 0 Å². The molecule has 0 saturated heterocycles. The average molecular weight is 366 g/mol. The Kier molecular flexibility index (Phi) is 4.77. The van der Waals surface area contributed by atoms with Crippen molar-refractivity contribution in [3.8, 4) is 6.07 Å². The molecule has 0 spiro atoms. The zero-order chi connectivity index (χ0) is 18.9. The summed E-state index contributed by atoms with van der Waals surface area (Å²) >= 11 is 0. The van der Waals surface area contributed by atoms with E-state index in [4.69, 9.17) is 10.4 Å². The standard InChI is InChI=1S/C21H26N4O2/c22-11-14-1-3-18(4-2-14)25-20(23-12-19(26)27)24-13-21-8-15-5-16(9-21)7-17(6-15)10-21/h1-4,15-17H,5-10,12-13H2,(H,26,27)(H2,23,24,25). The van der Waals surface area contributed by atoms with Gasteiger partial charge in [0.2, 0.25) is 0 Å². The van der Waals surface area contributed by atoms with E-state index >= 15 is 0 Å². The van der Waals surface area contributed by atoms with Crippen LogP contribution < -0.4 is 10.6 Å². The van der Waals surface area contributed by atoms with Crippen LogP contribution >= 0.6 is 0 Å². The van der Waals surface area contributed by atoms with Crippen LogP contribution in [0.1, 0.15) is 44.1 Å². The molecule has 6 nitrogen and oxygen atoms in total. The Balaban J connectivity index is 1.46. The van der Waals surface area contributed by atoms with Gasteiger partial charge in [0, 0.05) is 6.54 Å². The average Bonchev–Trinajstić information content (AvgIpc) is 2.63. The first-order valence-corrected chi connectivity index (χ1v) is 9.82. The molecular formula is C21H26N4O2. The van der Waals surface area contributed by atoms with Gasteiger partial charge in [0.1, 0.15) is 6.54 Å². The SMILES string of the molecule is N#Cc1ccc(N=C(NCC(=O)O)NCC23CC4CC(CC(C4)C2)C3)cc1. The molecule has 4 bridgehead atoms. The first-order chi connectivity index (χ1) is 13.0. The molecule has 0 aromatic heterocycles. The second-order valence-electron chi connectivity index (χ2n) is 8.64. The van der Waals surface area contributed by atoms with Crippen LogP contribution in [0.5, 0.6) is 0 Å². The fourth-order valence-corrected chi connectivity index (χ4v) is 5.82. The maximum Gasteiger partial charge on any atom is 0.322 e. The molecule has 5 rings (SSSR count). The van der Waals surface area contributed by atoms with Crippen LogP contribution in [-0.2, 0) is 4.79 Å². The monoisotopic (exact) mass is 366 g/mol. The number of aliphatic carboxylic acids is 1. The molecule has 142 valence electrons. The normalized spacial score (nSPS) is 31.4. The first-order valence-electron chi connectivity index (χ1n) is 9.82. The van der Waals surface area contributed by atoms with E-state index in [2.05, 4.69) is 21.7 Å². The van der Waals surface area contributed by atoms with E-state index < -0.39 is 5.97 Å². The van der Waals surface area contributed by atoms with Crippen molar-refractivity contribution in [2.45, 2.75) is 38.5 Å². The predicted octanol–water partition coefficient (Wildman–Crippen LogP) is 3.03. The number of rotatable bonds is 5. The fourth-order valence-electron chi connectivity index (χ4n) is 5.82. The topological polar surface area (TPSA) is 97.5 Å². The molecule has 0 heterocycles. The van der Waals surface area contributed by atoms with Crippen molar-refractivity contribution < 1.29 is 9.90 Å². The molecule has 4 aliphatic carbocycles. The number of aliphatic imine (C=N–C) groups is 1. The quantitative estimate of drug-likeness (QED) is 0.550. The minimum absolute atomic E-state index is 0.178. The lowest BCUT2D eigenvalue weighted by atomic mass is 9.49. The first kappa shape index (κ1) is 17.8. The van der Waals surface area contributed by atoms with Gasteiger partial charge in [0.05, 0.1) is 17.3 Å². The summed E-state index contributed by atoms with van der Waals surface area (Å²) in [5, 5.41) is 24.3. The van der Waals surface area contributed by atoms with Crippen molar-refractivity contribution in [2.75, 3.05) is 13.1 Å².